The van der Waals surface area contributed by atoms with Crippen LogP contribution in [0.5, 0.6) is 0 Å². The zero-order valence-electron chi connectivity index (χ0n) is 14.2. The lowest BCUT2D eigenvalue weighted by atomic mass is 10.1. The highest BCUT2D eigenvalue weighted by molar-refractivity contribution is 6.30. The van der Waals surface area contributed by atoms with E-state index >= 15 is 0 Å². The van der Waals surface area contributed by atoms with Gasteiger partial charge in [0.05, 0.1) is 5.56 Å². The van der Waals surface area contributed by atoms with Crippen molar-refractivity contribution in [2.45, 2.75) is 26.8 Å². The molecule has 5 nitrogen and oxygen atoms in total. The zero-order valence-corrected chi connectivity index (χ0v) is 15.0. The van der Waals surface area contributed by atoms with Gasteiger partial charge >= 0.3 is 5.97 Å². The van der Waals surface area contributed by atoms with Gasteiger partial charge in [-0.3, -0.25) is 0 Å². The van der Waals surface area contributed by atoms with Gasteiger partial charge in [0.1, 0.15) is 0 Å². The Labute approximate surface area is 147 Å². The Morgan fingerprint density at radius 1 is 1.25 bits per heavy atom. The van der Waals surface area contributed by atoms with Gasteiger partial charge in [-0.2, -0.15) is 0 Å². The van der Waals surface area contributed by atoms with Gasteiger partial charge < -0.3 is 19.7 Å². The molecule has 0 fully saturated rings. The lowest BCUT2D eigenvalue weighted by Gasteiger charge is -2.10. The molecule has 0 atom stereocenters. The van der Waals surface area contributed by atoms with Crippen LogP contribution < -0.4 is 5.32 Å². The van der Waals surface area contributed by atoms with Gasteiger partial charge in [0.15, 0.2) is 0 Å². The van der Waals surface area contributed by atoms with Crippen molar-refractivity contribution in [2.75, 3.05) is 20.3 Å². The molecule has 0 radical (unpaired) electrons. The van der Waals surface area contributed by atoms with Gasteiger partial charge in [-0.15, -0.1) is 0 Å². The summed E-state index contributed by atoms with van der Waals surface area (Å²) in [4.78, 5) is 11.7. The maximum atomic E-state index is 11.7. The zero-order chi connectivity index (χ0) is 17.7. The molecular weight excluding hydrogens is 328 g/mol. The van der Waals surface area contributed by atoms with E-state index in [1.807, 2.05) is 30.5 Å². The molecule has 0 bridgehead atoms. The van der Waals surface area contributed by atoms with Crippen LogP contribution in [0, 0.1) is 13.8 Å². The van der Waals surface area contributed by atoms with Crippen LogP contribution in [0.3, 0.4) is 0 Å². The van der Waals surface area contributed by atoms with Crippen molar-refractivity contribution in [3.05, 3.63) is 51.8 Å². The molecule has 0 saturated carbocycles. The second-order valence-electron chi connectivity index (χ2n) is 5.66. The average molecular weight is 351 g/mol. The summed E-state index contributed by atoms with van der Waals surface area (Å²) in [7, 11) is 1.67. The van der Waals surface area contributed by atoms with Crippen LogP contribution >= 0.6 is 11.6 Å². The first kappa shape index (κ1) is 18.5. The van der Waals surface area contributed by atoms with Crippen molar-refractivity contribution in [2.24, 2.45) is 0 Å². The Morgan fingerprint density at radius 3 is 2.50 bits per heavy atom. The van der Waals surface area contributed by atoms with Crippen molar-refractivity contribution in [3.8, 4) is 5.69 Å². The summed E-state index contributed by atoms with van der Waals surface area (Å²) in [5.41, 5.74) is 3.72. The highest BCUT2D eigenvalue weighted by Crippen LogP contribution is 2.27. The molecule has 0 aliphatic rings. The largest absolute Gasteiger partial charge is 0.478 e. The Balaban J connectivity index is 2.34. The second kappa shape index (κ2) is 8.33. The number of nitrogens with one attached hydrogen (secondary N) is 1. The van der Waals surface area contributed by atoms with E-state index in [4.69, 9.17) is 16.3 Å². The molecule has 0 spiro atoms. The van der Waals surface area contributed by atoms with E-state index < -0.39 is 5.97 Å². The number of methoxy groups -OCH3 is 1. The molecule has 0 aliphatic carbocycles. The maximum absolute atomic E-state index is 11.7. The monoisotopic (exact) mass is 350 g/mol. The van der Waals surface area contributed by atoms with Crippen LogP contribution in [0.1, 0.15) is 33.7 Å². The lowest BCUT2D eigenvalue weighted by molar-refractivity contribution is 0.0695. The SMILES string of the molecule is COCCCNCc1c(C(=O)O)c(C)n(-c2ccc(Cl)cc2)c1C. The van der Waals surface area contributed by atoms with Gasteiger partial charge in [0.2, 0.25) is 0 Å². The van der Waals surface area contributed by atoms with Crippen molar-refractivity contribution in [3.63, 3.8) is 0 Å². The molecule has 1 aromatic heterocycles. The second-order valence-corrected chi connectivity index (χ2v) is 6.10. The molecule has 24 heavy (non-hydrogen) atoms. The minimum atomic E-state index is -0.906. The minimum absolute atomic E-state index is 0.363. The summed E-state index contributed by atoms with van der Waals surface area (Å²) in [5, 5.41) is 13.6. The van der Waals surface area contributed by atoms with Gasteiger partial charge in [0.25, 0.3) is 0 Å². The fourth-order valence-electron chi connectivity index (χ4n) is 2.93. The van der Waals surface area contributed by atoms with Crippen LogP contribution in [-0.2, 0) is 11.3 Å². The number of ether oxygens (including phenoxy) is 1. The Kier molecular flexibility index (Phi) is 6.43. The number of halogens is 1. The lowest BCUT2D eigenvalue weighted by Crippen LogP contribution is -2.18. The molecule has 0 aliphatic heterocycles. The van der Waals surface area contributed by atoms with E-state index in [1.165, 1.54) is 0 Å². The molecule has 0 saturated heterocycles. The maximum Gasteiger partial charge on any atom is 0.337 e. The predicted octanol–water partition coefficient (Wildman–Crippen LogP) is 3.57. The van der Waals surface area contributed by atoms with E-state index in [0.29, 0.717) is 23.7 Å². The standard InChI is InChI=1S/C18H23ClN2O3/c1-12-16(11-20-9-4-10-24-3)17(18(22)23)13(2)21(12)15-7-5-14(19)6-8-15/h5-8,20H,4,9-11H2,1-3H3,(H,22,23). The number of aromatic nitrogens is 1. The van der Waals surface area contributed by atoms with Crippen LogP contribution in [0.2, 0.25) is 5.02 Å². The predicted molar refractivity (Wildman–Crippen MR) is 95.4 cm³/mol. The number of carboxylic acids is 1. The first-order valence-corrected chi connectivity index (χ1v) is 8.24. The molecule has 0 amide bonds. The molecule has 2 aromatic rings. The number of benzene rings is 1. The number of hydrogen-bond acceptors (Lipinski definition) is 3. The van der Waals surface area contributed by atoms with Gasteiger partial charge in [-0.1, -0.05) is 11.6 Å². The summed E-state index contributed by atoms with van der Waals surface area (Å²) in [5.74, 6) is -0.906. The minimum Gasteiger partial charge on any atom is -0.478 e. The van der Waals surface area contributed by atoms with Crippen molar-refractivity contribution < 1.29 is 14.6 Å². The van der Waals surface area contributed by atoms with E-state index in [9.17, 15) is 9.90 Å². The third kappa shape index (κ3) is 3.98. The molecule has 2 rings (SSSR count). The van der Waals surface area contributed by atoms with Crippen LogP contribution in [0.15, 0.2) is 24.3 Å². The van der Waals surface area contributed by atoms with Gasteiger partial charge in [0, 0.05) is 47.9 Å². The molecule has 6 heteroatoms. The van der Waals surface area contributed by atoms with Gasteiger partial charge in [-0.05, 0) is 51.1 Å². The topological polar surface area (TPSA) is 63.5 Å². The van der Waals surface area contributed by atoms with Crippen molar-refractivity contribution in [1.82, 2.24) is 9.88 Å². The Bertz CT molecular complexity index is 708. The fraction of sp³-hybridized carbons (Fsp3) is 0.389. The number of carbonyl (C=O) groups is 1. The molecule has 1 aromatic carbocycles. The van der Waals surface area contributed by atoms with Gasteiger partial charge in [-0.25, -0.2) is 4.79 Å². The Hall–Kier alpha value is -1.82. The van der Waals surface area contributed by atoms with Crippen LogP contribution in [-0.4, -0.2) is 35.9 Å². The third-order valence-electron chi connectivity index (χ3n) is 4.07. The van der Waals surface area contributed by atoms with E-state index in [-0.39, 0.29) is 0 Å². The first-order valence-electron chi connectivity index (χ1n) is 7.87. The quantitative estimate of drug-likeness (QED) is 0.714. The molecule has 0 unspecified atom stereocenters. The van der Waals surface area contributed by atoms with Crippen molar-refractivity contribution in [1.29, 1.82) is 0 Å². The molecule has 1 heterocycles. The smallest absolute Gasteiger partial charge is 0.337 e. The van der Waals surface area contributed by atoms with Crippen LogP contribution in [0.4, 0.5) is 0 Å². The summed E-state index contributed by atoms with van der Waals surface area (Å²) in [6.07, 6.45) is 0.884. The Morgan fingerprint density at radius 2 is 1.92 bits per heavy atom. The third-order valence-corrected chi connectivity index (χ3v) is 4.33. The number of nitrogens with zero attached hydrogens (tertiary/aromatic N) is 1. The van der Waals surface area contributed by atoms with E-state index in [2.05, 4.69) is 5.32 Å². The van der Waals surface area contributed by atoms with Crippen LogP contribution in [0.25, 0.3) is 5.69 Å². The summed E-state index contributed by atoms with van der Waals surface area (Å²) >= 11 is 5.95. The summed E-state index contributed by atoms with van der Waals surface area (Å²) in [6, 6.07) is 7.39. The normalized spacial score (nSPS) is 11.0. The first-order chi connectivity index (χ1) is 11.5. The highest BCUT2D eigenvalue weighted by atomic mass is 35.5. The number of carboxylic acid groups (broad SMARTS) is 1. The fourth-order valence-corrected chi connectivity index (χ4v) is 3.06. The van der Waals surface area contributed by atoms with E-state index in [0.717, 1.165) is 35.6 Å². The summed E-state index contributed by atoms with van der Waals surface area (Å²) < 4.78 is 6.99. The van der Waals surface area contributed by atoms with Crippen molar-refractivity contribution >= 4 is 17.6 Å². The highest BCUT2D eigenvalue weighted by Gasteiger charge is 2.22. The van der Waals surface area contributed by atoms with E-state index in [1.54, 1.807) is 19.2 Å². The number of rotatable bonds is 8. The number of aromatic carboxylic acids is 1. The average Bonchev–Trinajstić information content (AvgIpc) is 2.79. The number of hydrogen-bond donors (Lipinski definition) is 2. The molecule has 130 valence electrons. The molecular formula is C18H23ClN2O3. The summed E-state index contributed by atoms with van der Waals surface area (Å²) in [6.45, 7) is 5.75. The molecule has 2 N–H and O–H groups in total.